The van der Waals surface area contributed by atoms with Gasteiger partial charge in [-0.05, 0) is 24.5 Å². The van der Waals surface area contributed by atoms with E-state index in [1.165, 1.54) is 4.90 Å². The molecule has 13 nitrogen and oxygen atoms in total. The molecule has 0 bridgehead atoms. The van der Waals surface area contributed by atoms with Crippen LogP contribution in [0.1, 0.15) is 24.8 Å². The van der Waals surface area contributed by atoms with Gasteiger partial charge < -0.3 is 42.2 Å². The Hall–Kier alpha value is -3.97. The molecule has 1 aliphatic rings. The van der Waals surface area contributed by atoms with Crippen LogP contribution in [-0.2, 0) is 30.4 Å². The van der Waals surface area contributed by atoms with Crippen molar-refractivity contribution in [3.05, 3.63) is 36.0 Å². The number of para-hydroxylation sites is 1. The van der Waals surface area contributed by atoms with Gasteiger partial charge in [0.25, 0.3) is 0 Å². The molecule has 3 rings (SSSR count). The first-order valence-electron chi connectivity index (χ1n) is 11.5. The maximum absolute atomic E-state index is 13.4. The van der Waals surface area contributed by atoms with Crippen LogP contribution in [0.15, 0.2) is 30.5 Å². The van der Waals surface area contributed by atoms with Crippen LogP contribution >= 0.6 is 0 Å². The standard InChI is InChI=1S/C23H30N6O7/c24-14(9-19(25)31)20(32)28-17(11-30)21(33)27-16(22(34)29-7-3-6-18(29)23(35)36)8-12-10-26-15-5-2-1-4-13(12)15/h1-2,4-5,10,14,16-18,26,30H,3,6-9,11,24H2,(H2,25,31)(H,27,33)(H,28,32)(H,35,36). The number of H-pyrrole nitrogens is 1. The minimum Gasteiger partial charge on any atom is -0.480 e. The summed E-state index contributed by atoms with van der Waals surface area (Å²) in [4.78, 5) is 65.6. The van der Waals surface area contributed by atoms with Gasteiger partial charge in [0.2, 0.25) is 23.6 Å². The van der Waals surface area contributed by atoms with Gasteiger partial charge in [0.15, 0.2) is 0 Å². The lowest BCUT2D eigenvalue weighted by atomic mass is 10.0. The fourth-order valence-corrected chi connectivity index (χ4v) is 4.26. The second kappa shape index (κ2) is 11.6. The number of nitrogens with two attached hydrogens (primary N) is 2. The van der Waals surface area contributed by atoms with Gasteiger partial charge >= 0.3 is 5.97 Å². The van der Waals surface area contributed by atoms with Gasteiger partial charge in [0.05, 0.1) is 19.1 Å². The van der Waals surface area contributed by atoms with Crippen LogP contribution < -0.4 is 22.1 Å². The molecule has 0 saturated carbocycles. The highest BCUT2D eigenvalue weighted by Crippen LogP contribution is 2.23. The number of hydrogen-bond donors (Lipinski definition) is 7. The molecule has 1 aliphatic heterocycles. The number of fused-ring (bicyclic) bond motifs is 1. The molecule has 36 heavy (non-hydrogen) atoms. The number of aromatic nitrogens is 1. The predicted molar refractivity (Wildman–Crippen MR) is 127 cm³/mol. The Bertz CT molecular complexity index is 1150. The van der Waals surface area contributed by atoms with Crippen LogP contribution in [-0.4, -0.2) is 87.0 Å². The fraction of sp³-hybridized carbons (Fsp3) is 0.435. The van der Waals surface area contributed by atoms with E-state index in [0.29, 0.717) is 18.4 Å². The lowest BCUT2D eigenvalue weighted by Gasteiger charge is -2.28. The van der Waals surface area contributed by atoms with Crippen molar-refractivity contribution in [1.82, 2.24) is 20.5 Å². The van der Waals surface area contributed by atoms with Crippen LogP contribution in [0.2, 0.25) is 0 Å². The first kappa shape index (κ1) is 26.6. The summed E-state index contributed by atoms with van der Waals surface area (Å²) in [7, 11) is 0. The molecule has 4 amide bonds. The van der Waals surface area contributed by atoms with Crippen molar-refractivity contribution in [2.75, 3.05) is 13.2 Å². The minimum absolute atomic E-state index is 0.0325. The molecule has 4 unspecified atom stereocenters. The van der Waals surface area contributed by atoms with Crippen molar-refractivity contribution in [2.24, 2.45) is 11.5 Å². The second-order valence-electron chi connectivity index (χ2n) is 8.67. The van der Waals surface area contributed by atoms with Crippen LogP contribution in [0.3, 0.4) is 0 Å². The third kappa shape index (κ3) is 6.17. The maximum atomic E-state index is 13.4. The average Bonchev–Trinajstić information content (AvgIpc) is 3.48. The number of nitrogens with one attached hydrogen (secondary N) is 3. The molecule has 0 spiro atoms. The summed E-state index contributed by atoms with van der Waals surface area (Å²) >= 11 is 0. The van der Waals surface area contributed by atoms with Crippen LogP contribution in [0.25, 0.3) is 10.9 Å². The number of likely N-dealkylation sites (tertiary alicyclic amines) is 1. The van der Waals surface area contributed by atoms with E-state index < -0.39 is 66.8 Å². The summed E-state index contributed by atoms with van der Waals surface area (Å²) in [6.07, 6.45) is 2.07. The minimum atomic E-state index is -1.47. The van der Waals surface area contributed by atoms with E-state index in [4.69, 9.17) is 11.5 Å². The molecule has 1 fully saturated rings. The first-order valence-corrected chi connectivity index (χ1v) is 11.5. The van der Waals surface area contributed by atoms with E-state index >= 15 is 0 Å². The molecule has 194 valence electrons. The van der Waals surface area contributed by atoms with Crippen molar-refractivity contribution in [1.29, 1.82) is 0 Å². The number of amides is 4. The van der Waals surface area contributed by atoms with Crippen molar-refractivity contribution in [3.63, 3.8) is 0 Å². The Kier molecular flexibility index (Phi) is 8.61. The van der Waals surface area contributed by atoms with Crippen LogP contribution in [0.5, 0.6) is 0 Å². The number of rotatable bonds is 11. The Morgan fingerprint density at radius 3 is 2.47 bits per heavy atom. The van der Waals surface area contributed by atoms with Gasteiger partial charge in [-0.3, -0.25) is 19.2 Å². The van der Waals surface area contributed by atoms with E-state index in [1.54, 1.807) is 6.20 Å². The van der Waals surface area contributed by atoms with Gasteiger partial charge in [-0.25, -0.2) is 4.79 Å². The largest absolute Gasteiger partial charge is 0.480 e. The summed E-state index contributed by atoms with van der Waals surface area (Å²) < 4.78 is 0. The summed E-state index contributed by atoms with van der Waals surface area (Å²) in [5, 5.41) is 24.8. The normalized spacial score (nSPS) is 17.8. The van der Waals surface area contributed by atoms with Gasteiger partial charge in [-0.1, -0.05) is 18.2 Å². The number of primary amides is 1. The fourth-order valence-electron chi connectivity index (χ4n) is 4.26. The third-order valence-corrected chi connectivity index (χ3v) is 6.11. The van der Waals surface area contributed by atoms with Crippen LogP contribution in [0.4, 0.5) is 0 Å². The van der Waals surface area contributed by atoms with Crippen molar-refractivity contribution in [3.8, 4) is 0 Å². The number of carbonyl (C=O) groups excluding carboxylic acids is 4. The molecule has 2 aromatic rings. The van der Waals surface area contributed by atoms with Gasteiger partial charge in [-0.15, -0.1) is 0 Å². The zero-order chi connectivity index (χ0) is 26.4. The second-order valence-corrected chi connectivity index (χ2v) is 8.67. The number of aromatic amines is 1. The molecular weight excluding hydrogens is 472 g/mol. The molecule has 0 aliphatic carbocycles. The molecule has 4 atom stereocenters. The smallest absolute Gasteiger partial charge is 0.326 e. The molecular formula is C23H30N6O7. The Morgan fingerprint density at radius 1 is 1.11 bits per heavy atom. The number of aliphatic hydroxyl groups is 1. The number of aliphatic carboxylic acids is 1. The quantitative estimate of drug-likeness (QED) is 0.181. The van der Waals surface area contributed by atoms with E-state index in [9.17, 15) is 34.2 Å². The summed E-state index contributed by atoms with van der Waals surface area (Å²) in [5.41, 5.74) is 12.2. The molecule has 13 heteroatoms. The lowest BCUT2D eigenvalue weighted by molar-refractivity contribution is -0.149. The number of carboxylic acid groups (broad SMARTS) is 1. The number of benzene rings is 1. The lowest BCUT2D eigenvalue weighted by Crippen LogP contribution is -2.58. The Labute approximate surface area is 206 Å². The van der Waals surface area contributed by atoms with E-state index in [-0.39, 0.29) is 13.0 Å². The van der Waals surface area contributed by atoms with Crippen molar-refractivity contribution in [2.45, 2.75) is 49.9 Å². The molecule has 1 saturated heterocycles. The molecule has 2 heterocycles. The zero-order valence-electron chi connectivity index (χ0n) is 19.5. The van der Waals surface area contributed by atoms with Crippen LogP contribution in [0, 0.1) is 0 Å². The Morgan fingerprint density at radius 2 is 1.81 bits per heavy atom. The number of nitrogens with zero attached hydrogens (tertiary/aromatic N) is 1. The third-order valence-electron chi connectivity index (χ3n) is 6.11. The number of aliphatic hydroxyl groups excluding tert-OH is 1. The molecule has 1 aromatic heterocycles. The topological polar surface area (TPSA) is 221 Å². The number of carboxylic acids is 1. The summed E-state index contributed by atoms with van der Waals surface area (Å²) in [5.74, 6) is -4.30. The zero-order valence-corrected chi connectivity index (χ0v) is 19.5. The highest BCUT2D eigenvalue weighted by Gasteiger charge is 2.38. The van der Waals surface area contributed by atoms with E-state index in [1.807, 2.05) is 24.3 Å². The highest BCUT2D eigenvalue weighted by atomic mass is 16.4. The predicted octanol–water partition coefficient (Wildman–Crippen LogP) is -2.05. The number of hydrogen-bond acceptors (Lipinski definition) is 7. The molecule has 0 radical (unpaired) electrons. The number of carbonyl (C=O) groups is 5. The highest BCUT2D eigenvalue weighted by molar-refractivity contribution is 5.95. The summed E-state index contributed by atoms with van der Waals surface area (Å²) in [6, 6.07) is 2.37. The van der Waals surface area contributed by atoms with Gasteiger partial charge in [0.1, 0.15) is 18.1 Å². The van der Waals surface area contributed by atoms with E-state index in [2.05, 4.69) is 15.6 Å². The monoisotopic (exact) mass is 502 g/mol. The van der Waals surface area contributed by atoms with Crippen molar-refractivity contribution >= 4 is 40.5 Å². The Balaban J connectivity index is 1.82. The first-order chi connectivity index (χ1) is 17.1. The molecule has 9 N–H and O–H groups in total. The van der Waals surface area contributed by atoms with Gasteiger partial charge in [-0.2, -0.15) is 0 Å². The summed E-state index contributed by atoms with van der Waals surface area (Å²) in [6.45, 7) is -0.589. The van der Waals surface area contributed by atoms with E-state index in [0.717, 1.165) is 10.9 Å². The molecule has 1 aromatic carbocycles. The maximum Gasteiger partial charge on any atom is 0.326 e. The SMILES string of the molecule is NC(=O)CC(N)C(=O)NC(CO)C(=O)NC(Cc1c[nH]c2ccccc12)C(=O)N1CCCC1C(=O)O. The average molecular weight is 503 g/mol. The van der Waals surface area contributed by atoms with Crippen molar-refractivity contribution < 1.29 is 34.2 Å². The van der Waals surface area contributed by atoms with Gasteiger partial charge in [0, 0.05) is 30.1 Å².